The Morgan fingerprint density at radius 2 is 2.00 bits per heavy atom. The Morgan fingerprint density at radius 1 is 1.36 bits per heavy atom. The highest BCUT2D eigenvalue weighted by atomic mass is 16.5. The van der Waals surface area contributed by atoms with E-state index in [2.05, 4.69) is 13.5 Å². The van der Waals surface area contributed by atoms with E-state index in [0.29, 0.717) is 0 Å². The van der Waals surface area contributed by atoms with E-state index in [0.717, 1.165) is 16.9 Å². The predicted octanol–water partition coefficient (Wildman–Crippen LogP) is 2.54. The van der Waals surface area contributed by atoms with E-state index in [9.17, 15) is 0 Å². The fourth-order valence-corrected chi connectivity index (χ4v) is 0.937. The van der Waals surface area contributed by atoms with Crippen LogP contribution in [-0.4, -0.2) is 7.11 Å². The topological polar surface area (TPSA) is 9.23 Å². The molecule has 0 saturated carbocycles. The molecule has 1 heteroatoms. The van der Waals surface area contributed by atoms with Gasteiger partial charge in [-0.15, -0.1) is 0 Å². The van der Waals surface area contributed by atoms with Crippen molar-refractivity contribution in [3.63, 3.8) is 0 Å². The lowest BCUT2D eigenvalue weighted by molar-refractivity contribution is 0.413. The second-order valence-corrected chi connectivity index (χ2v) is 2.30. The molecule has 0 aliphatic heterocycles. The van der Waals surface area contributed by atoms with Crippen molar-refractivity contribution in [3.05, 3.63) is 43.3 Å². The van der Waals surface area contributed by atoms with Gasteiger partial charge in [-0.25, -0.2) is 0 Å². The summed E-state index contributed by atoms with van der Waals surface area (Å²) in [6.07, 6.45) is 0. The average Bonchev–Trinajstić information content (AvgIpc) is 2.04. The molecule has 0 bridgehead atoms. The minimum atomic E-state index is 0.780. The third-order valence-corrected chi connectivity index (χ3v) is 1.49. The molecule has 0 N–H and O–H groups in total. The molecule has 0 spiro atoms. The van der Waals surface area contributed by atoms with Crippen LogP contribution >= 0.6 is 0 Å². The minimum absolute atomic E-state index is 0.780. The van der Waals surface area contributed by atoms with Crippen LogP contribution in [-0.2, 0) is 0 Å². The van der Waals surface area contributed by atoms with Crippen molar-refractivity contribution in [1.29, 1.82) is 0 Å². The molecule has 1 nitrogen and oxygen atoms in total. The molecule has 1 rings (SSSR count). The van der Waals surface area contributed by atoms with Crippen LogP contribution in [0.3, 0.4) is 0 Å². The summed E-state index contributed by atoms with van der Waals surface area (Å²) in [5, 5.41) is 0. The number of hydrogen-bond acceptors (Lipinski definition) is 1. The predicted molar refractivity (Wildman–Crippen MR) is 47.4 cm³/mol. The Kier molecular flexibility index (Phi) is 2.32. The first-order chi connectivity index (χ1) is 5.25. The fraction of sp³-hybridized carbons (Fsp3) is 0.100. The summed E-state index contributed by atoms with van der Waals surface area (Å²) in [6.45, 7) is 7.49. The van der Waals surface area contributed by atoms with Crippen LogP contribution in [0.15, 0.2) is 30.8 Å². The largest absolute Gasteiger partial charge is 0.496 e. The lowest BCUT2D eigenvalue weighted by Crippen LogP contribution is -1.87. The molecule has 1 aromatic carbocycles. The van der Waals surface area contributed by atoms with Gasteiger partial charge in [-0.3, -0.25) is 0 Å². The number of ether oxygens (including phenoxy) is 1. The van der Waals surface area contributed by atoms with Gasteiger partial charge in [0, 0.05) is 5.56 Å². The van der Waals surface area contributed by atoms with Crippen molar-refractivity contribution in [2.75, 3.05) is 7.11 Å². The van der Waals surface area contributed by atoms with E-state index >= 15 is 0 Å². The second-order valence-electron chi connectivity index (χ2n) is 2.30. The van der Waals surface area contributed by atoms with E-state index in [1.807, 2.05) is 24.3 Å². The Bertz CT molecular complexity index is 263. The number of hydrogen-bond donors (Lipinski definition) is 0. The molecule has 0 aliphatic rings. The number of rotatable bonds is 2. The smallest absolute Gasteiger partial charge is 0.126 e. The first-order valence-corrected chi connectivity index (χ1v) is 3.40. The highest BCUT2D eigenvalue weighted by Crippen LogP contribution is 2.23. The zero-order valence-electron chi connectivity index (χ0n) is 6.63. The zero-order chi connectivity index (χ0) is 8.27. The average molecular weight is 147 g/mol. The molecule has 0 heterocycles. The van der Waals surface area contributed by atoms with Gasteiger partial charge >= 0.3 is 0 Å². The fourth-order valence-electron chi connectivity index (χ4n) is 0.937. The Balaban J connectivity index is 3.12. The summed E-state index contributed by atoms with van der Waals surface area (Å²) < 4.78 is 5.11. The molecule has 0 fully saturated rings. The molecule has 1 aromatic rings. The first kappa shape index (κ1) is 7.86. The molecule has 0 atom stereocenters. The summed E-state index contributed by atoms with van der Waals surface area (Å²) in [6, 6.07) is 7.69. The van der Waals surface area contributed by atoms with Crippen molar-refractivity contribution in [2.24, 2.45) is 0 Å². The van der Waals surface area contributed by atoms with Gasteiger partial charge in [0.2, 0.25) is 0 Å². The lowest BCUT2D eigenvalue weighted by atomic mass is 10.1. The van der Waals surface area contributed by atoms with E-state index in [1.54, 1.807) is 7.11 Å². The molecule has 0 unspecified atom stereocenters. The van der Waals surface area contributed by atoms with Crippen LogP contribution in [0.2, 0.25) is 0 Å². The Labute approximate surface area is 67.3 Å². The number of allylic oxidation sites excluding steroid dienone is 1. The molecular formula is C10H11O. The minimum Gasteiger partial charge on any atom is -0.496 e. The Hall–Kier alpha value is -1.24. The quantitative estimate of drug-likeness (QED) is 0.624. The molecule has 0 aromatic heterocycles. The third-order valence-electron chi connectivity index (χ3n) is 1.49. The molecule has 0 saturated heterocycles. The van der Waals surface area contributed by atoms with E-state index in [4.69, 9.17) is 4.74 Å². The summed E-state index contributed by atoms with van der Waals surface area (Å²) >= 11 is 0. The van der Waals surface area contributed by atoms with Crippen molar-refractivity contribution < 1.29 is 4.74 Å². The van der Waals surface area contributed by atoms with Gasteiger partial charge in [-0.2, -0.15) is 0 Å². The number of para-hydroxylation sites is 1. The second kappa shape index (κ2) is 3.24. The van der Waals surface area contributed by atoms with Crippen LogP contribution in [0.1, 0.15) is 5.56 Å². The zero-order valence-corrected chi connectivity index (χ0v) is 6.63. The normalized spacial score (nSPS) is 9.27. The van der Waals surface area contributed by atoms with Crippen LogP contribution in [0.25, 0.3) is 5.57 Å². The van der Waals surface area contributed by atoms with Crippen LogP contribution in [0, 0.1) is 6.92 Å². The lowest BCUT2D eigenvalue weighted by Gasteiger charge is -2.05. The van der Waals surface area contributed by atoms with Gasteiger partial charge < -0.3 is 4.74 Å². The van der Waals surface area contributed by atoms with Gasteiger partial charge in [0.15, 0.2) is 0 Å². The number of methoxy groups -OCH3 is 1. The van der Waals surface area contributed by atoms with E-state index < -0.39 is 0 Å². The Morgan fingerprint density at radius 3 is 2.45 bits per heavy atom. The summed E-state index contributed by atoms with van der Waals surface area (Å²) in [5.74, 6) is 0.826. The maximum Gasteiger partial charge on any atom is 0.126 e. The molecular weight excluding hydrogens is 136 g/mol. The van der Waals surface area contributed by atoms with Gasteiger partial charge in [-0.05, 0) is 18.6 Å². The highest BCUT2D eigenvalue weighted by molar-refractivity contribution is 5.70. The van der Waals surface area contributed by atoms with Gasteiger partial charge in [0.1, 0.15) is 5.75 Å². The highest BCUT2D eigenvalue weighted by Gasteiger charge is 1.99. The van der Waals surface area contributed by atoms with Crippen molar-refractivity contribution in [2.45, 2.75) is 0 Å². The van der Waals surface area contributed by atoms with Crippen molar-refractivity contribution in [1.82, 2.24) is 0 Å². The standard InChI is InChI=1S/C10H11O/c1-8(2)9-6-4-5-7-10(9)11-3/h4-7H,1-2H2,3H3. The molecule has 0 amide bonds. The molecule has 0 aliphatic carbocycles. The van der Waals surface area contributed by atoms with Gasteiger partial charge in [0.05, 0.1) is 7.11 Å². The summed E-state index contributed by atoms with van der Waals surface area (Å²) in [4.78, 5) is 0. The third kappa shape index (κ3) is 1.61. The van der Waals surface area contributed by atoms with Crippen LogP contribution in [0.4, 0.5) is 0 Å². The SMILES string of the molecule is [CH2]C(=C)c1ccccc1OC. The van der Waals surface area contributed by atoms with Gasteiger partial charge in [-0.1, -0.05) is 24.8 Å². The van der Waals surface area contributed by atoms with Crippen LogP contribution < -0.4 is 4.74 Å². The maximum atomic E-state index is 5.11. The molecule has 57 valence electrons. The first-order valence-electron chi connectivity index (χ1n) is 3.40. The molecule has 1 radical (unpaired) electrons. The maximum absolute atomic E-state index is 5.11. The van der Waals surface area contributed by atoms with Crippen LogP contribution in [0.5, 0.6) is 5.75 Å². The molecule has 11 heavy (non-hydrogen) atoms. The van der Waals surface area contributed by atoms with Crippen molar-refractivity contribution in [3.8, 4) is 5.75 Å². The number of benzene rings is 1. The monoisotopic (exact) mass is 147 g/mol. The summed E-state index contributed by atoms with van der Waals surface area (Å²) in [5.41, 5.74) is 1.75. The van der Waals surface area contributed by atoms with E-state index in [1.165, 1.54) is 0 Å². The van der Waals surface area contributed by atoms with Gasteiger partial charge in [0.25, 0.3) is 0 Å². The van der Waals surface area contributed by atoms with Crippen molar-refractivity contribution >= 4 is 5.57 Å². The summed E-state index contributed by atoms with van der Waals surface area (Å²) in [7, 11) is 1.64. The van der Waals surface area contributed by atoms with E-state index in [-0.39, 0.29) is 0 Å².